The second kappa shape index (κ2) is 4.98. The van der Waals surface area contributed by atoms with Crippen molar-refractivity contribution in [3.63, 3.8) is 0 Å². The Morgan fingerprint density at radius 3 is 2.53 bits per heavy atom. The van der Waals surface area contributed by atoms with E-state index in [9.17, 15) is 0 Å². The minimum absolute atomic E-state index is 0.344. The van der Waals surface area contributed by atoms with Gasteiger partial charge in [0.05, 0.1) is 17.5 Å². The fourth-order valence-corrected chi connectivity index (χ4v) is 1.87. The fourth-order valence-electron chi connectivity index (χ4n) is 1.67. The van der Waals surface area contributed by atoms with Crippen molar-refractivity contribution in [3.05, 3.63) is 35.7 Å². The van der Waals surface area contributed by atoms with Crippen LogP contribution in [0.15, 0.2) is 24.3 Å². The lowest BCUT2D eigenvalue weighted by molar-refractivity contribution is 0.731. The number of nitriles is 1. The summed E-state index contributed by atoms with van der Waals surface area (Å²) in [4.78, 5) is 0. The monoisotopic (exact) mass is 246 g/mol. The molecule has 0 N–H and O–H groups in total. The maximum Gasteiger partial charge on any atom is 0.163 e. The average Bonchev–Trinajstić information content (AvgIpc) is 2.81. The number of benzene rings is 1. The molecular formula is C12H11ClN4. The third kappa shape index (κ3) is 2.15. The van der Waals surface area contributed by atoms with E-state index in [0.717, 1.165) is 23.8 Å². The first-order valence-corrected chi connectivity index (χ1v) is 5.82. The van der Waals surface area contributed by atoms with E-state index in [1.807, 2.05) is 23.6 Å². The van der Waals surface area contributed by atoms with Gasteiger partial charge < -0.3 is 4.57 Å². The van der Waals surface area contributed by atoms with E-state index in [1.54, 1.807) is 12.1 Å². The van der Waals surface area contributed by atoms with Gasteiger partial charge in [-0.15, -0.1) is 21.8 Å². The molecule has 0 saturated carbocycles. The van der Waals surface area contributed by atoms with Gasteiger partial charge in [0.25, 0.3) is 0 Å². The van der Waals surface area contributed by atoms with Crippen LogP contribution in [0.3, 0.4) is 0 Å². The quantitative estimate of drug-likeness (QED) is 0.782. The van der Waals surface area contributed by atoms with Gasteiger partial charge in [-0.25, -0.2) is 0 Å². The minimum Gasteiger partial charge on any atom is -0.310 e. The average molecular weight is 247 g/mol. The number of halogens is 1. The zero-order chi connectivity index (χ0) is 12.3. The Kier molecular flexibility index (Phi) is 3.40. The van der Waals surface area contributed by atoms with Crippen molar-refractivity contribution in [3.8, 4) is 17.5 Å². The van der Waals surface area contributed by atoms with Crippen LogP contribution in [-0.2, 0) is 12.4 Å². The van der Waals surface area contributed by atoms with Gasteiger partial charge in [0.2, 0.25) is 0 Å². The Bertz CT molecular complexity index is 551. The molecule has 0 unspecified atom stereocenters. The maximum atomic E-state index is 8.74. The van der Waals surface area contributed by atoms with Gasteiger partial charge in [-0.05, 0) is 31.2 Å². The van der Waals surface area contributed by atoms with Crippen molar-refractivity contribution in [1.82, 2.24) is 14.8 Å². The zero-order valence-corrected chi connectivity index (χ0v) is 10.1. The van der Waals surface area contributed by atoms with Crippen LogP contribution in [-0.4, -0.2) is 14.8 Å². The van der Waals surface area contributed by atoms with Gasteiger partial charge in [0, 0.05) is 12.1 Å². The largest absolute Gasteiger partial charge is 0.310 e. The maximum absolute atomic E-state index is 8.74. The van der Waals surface area contributed by atoms with Crippen LogP contribution in [0.4, 0.5) is 0 Å². The van der Waals surface area contributed by atoms with Gasteiger partial charge in [0.15, 0.2) is 5.82 Å². The highest BCUT2D eigenvalue weighted by Crippen LogP contribution is 2.19. The molecule has 5 heteroatoms. The number of rotatable bonds is 3. The molecule has 0 aliphatic carbocycles. The first kappa shape index (κ1) is 11.6. The van der Waals surface area contributed by atoms with E-state index < -0.39 is 0 Å². The molecule has 1 aromatic carbocycles. The molecule has 17 heavy (non-hydrogen) atoms. The standard InChI is InChI=1S/C12H11ClN4/c1-2-17-11(7-13)15-16-12(17)10-5-3-9(8-14)4-6-10/h3-6H,2,7H2,1H3. The molecule has 0 atom stereocenters. The molecule has 2 rings (SSSR count). The van der Waals surface area contributed by atoms with Crippen molar-refractivity contribution >= 4 is 11.6 Å². The summed E-state index contributed by atoms with van der Waals surface area (Å²) in [5.41, 5.74) is 1.57. The van der Waals surface area contributed by atoms with Crippen LogP contribution in [0, 0.1) is 11.3 Å². The van der Waals surface area contributed by atoms with Crippen LogP contribution in [0.1, 0.15) is 18.3 Å². The number of alkyl halides is 1. The highest BCUT2D eigenvalue weighted by atomic mass is 35.5. The number of hydrogen-bond acceptors (Lipinski definition) is 3. The predicted octanol–water partition coefficient (Wildman–Crippen LogP) is 2.58. The third-order valence-corrected chi connectivity index (χ3v) is 2.77. The highest BCUT2D eigenvalue weighted by molar-refractivity contribution is 6.16. The van der Waals surface area contributed by atoms with E-state index in [2.05, 4.69) is 16.3 Å². The fraction of sp³-hybridized carbons (Fsp3) is 0.250. The van der Waals surface area contributed by atoms with Gasteiger partial charge in [0.1, 0.15) is 5.82 Å². The van der Waals surface area contributed by atoms with Gasteiger partial charge >= 0.3 is 0 Å². The number of aromatic nitrogens is 3. The summed E-state index contributed by atoms with van der Waals surface area (Å²) in [6.45, 7) is 2.79. The molecular weight excluding hydrogens is 236 g/mol. The molecule has 1 heterocycles. The second-order valence-electron chi connectivity index (χ2n) is 3.51. The molecule has 1 aromatic heterocycles. The van der Waals surface area contributed by atoms with Crippen molar-refractivity contribution in [2.45, 2.75) is 19.3 Å². The Balaban J connectivity index is 2.45. The van der Waals surface area contributed by atoms with E-state index in [-0.39, 0.29) is 0 Å². The first-order valence-electron chi connectivity index (χ1n) is 5.28. The lowest BCUT2D eigenvalue weighted by atomic mass is 10.1. The van der Waals surface area contributed by atoms with Gasteiger partial charge in [-0.2, -0.15) is 5.26 Å². The van der Waals surface area contributed by atoms with Crippen molar-refractivity contribution in [1.29, 1.82) is 5.26 Å². The summed E-state index contributed by atoms with van der Waals surface area (Å²) in [5, 5.41) is 16.9. The summed E-state index contributed by atoms with van der Waals surface area (Å²) in [6.07, 6.45) is 0. The van der Waals surface area contributed by atoms with E-state index in [0.29, 0.717) is 11.4 Å². The molecule has 0 radical (unpaired) electrons. The molecule has 0 aliphatic heterocycles. The minimum atomic E-state index is 0.344. The third-order valence-electron chi connectivity index (χ3n) is 2.54. The molecule has 2 aromatic rings. The molecule has 0 fully saturated rings. The highest BCUT2D eigenvalue weighted by Gasteiger charge is 2.11. The Morgan fingerprint density at radius 2 is 2.00 bits per heavy atom. The van der Waals surface area contributed by atoms with E-state index in [4.69, 9.17) is 16.9 Å². The smallest absolute Gasteiger partial charge is 0.163 e. The van der Waals surface area contributed by atoms with Gasteiger partial charge in [-0.3, -0.25) is 0 Å². The van der Waals surface area contributed by atoms with E-state index >= 15 is 0 Å². The second-order valence-corrected chi connectivity index (χ2v) is 3.77. The zero-order valence-electron chi connectivity index (χ0n) is 9.39. The first-order chi connectivity index (χ1) is 8.30. The molecule has 0 aliphatic rings. The van der Waals surface area contributed by atoms with Crippen LogP contribution in [0.25, 0.3) is 11.4 Å². The van der Waals surface area contributed by atoms with Crippen molar-refractivity contribution in [2.75, 3.05) is 0 Å². The molecule has 0 saturated heterocycles. The summed E-state index contributed by atoms with van der Waals surface area (Å²) in [6, 6.07) is 9.36. The number of nitrogens with zero attached hydrogens (tertiary/aromatic N) is 4. The van der Waals surface area contributed by atoms with Crippen LogP contribution in [0.5, 0.6) is 0 Å². The Labute approximate surface area is 104 Å². The van der Waals surface area contributed by atoms with Crippen molar-refractivity contribution < 1.29 is 0 Å². The topological polar surface area (TPSA) is 54.5 Å². The summed E-state index contributed by atoms with van der Waals surface area (Å²) >= 11 is 5.79. The van der Waals surface area contributed by atoms with Crippen LogP contribution < -0.4 is 0 Å². The lowest BCUT2D eigenvalue weighted by Crippen LogP contribution is -2.01. The molecule has 0 amide bonds. The molecule has 0 spiro atoms. The molecule has 4 nitrogen and oxygen atoms in total. The predicted molar refractivity (Wildman–Crippen MR) is 65.4 cm³/mol. The lowest BCUT2D eigenvalue weighted by Gasteiger charge is -2.05. The summed E-state index contributed by atoms with van der Waals surface area (Å²) in [5.74, 6) is 1.89. The normalized spacial score (nSPS) is 10.2. The summed E-state index contributed by atoms with van der Waals surface area (Å²) in [7, 11) is 0. The summed E-state index contributed by atoms with van der Waals surface area (Å²) < 4.78 is 1.97. The van der Waals surface area contributed by atoms with Crippen LogP contribution >= 0.6 is 11.6 Å². The SMILES string of the molecule is CCn1c(CCl)nnc1-c1ccc(C#N)cc1. The van der Waals surface area contributed by atoms with Crippen molar-refractivity contribution in [2.24, 2.45) is 0 Å². The number of hydrogen-bond donors (Lipinski definition) is 0. The molecule has 0 bridgehead atoms. The van der Waals surface area contributed by atoms with E-state index in [1.165, 1.54) is 0 Å². The molecule has 86 valence electrons. The van der Waals surface area contributed by atoms with Crippen LogP contribution in [0.2, 0.25) is 0 Å². The Morgan fingerprint density at radius 1 is 1.29 bits per heavy atom. The van der Waals surface area contributed by atoms with Gasteiger partial charge in [-0.1, -0.05) is 0 Å². The Hall–Kier alpha value is -1.86.